The Labute approximate surface area is 125 Å². The molecular weight excluding hydrogens is 325 g/mol. The number of hydrogen-bond donors (Lipinski definition) is 0. The second kappa shape index (κ2) is 4.63. The van der Waals surface area contributed by atoms with Gasteiger partial charge < -0.3 is 4.74 Å². The summed E-state index contributed by atoms with van der Waals surface area (Å²) >= 11 is 29.4. The molecule has 0 saturated carbocycles. The van der Waals surface area contributed by atoms with E-state index in [2.05, 4.69) is 0 Å². The van der Waals surface area contributed by atoms with Crippen LogP contribution in [-0.4, -0.2) is 9.90 Å². The van der Waals surface area contributed by atoms with Gasteiger partial charge in [-0.05, 0) is 30.7 Å². The first-order valence-corrected chi connectivity index (χ1v) is 6.83. The van der Waals surface area contributed by atoms with Crippen LogP contribution in [0.2, 0.25) is 10.0 Å². The first kappa shape index (κ1) is 14.0. The highest BCUT2D eigenvalue weighted by Gasteiger charge is 2.58. The van der Waals surface area contributed by atoms with Crippen LogP contribution >= 0.6 is 58.0 Å². The van der Waals surface area contributed by atoms with Gasteiger partial charge >= 0.3 is 0 Å². The fourth-order valence-corrected chi connectivity index (χ4v) is 3.09. The fraction of sp³-hybridized carbons (Fsp3) is 0.455. The lowest BCUT2D eigenvalue weighted by Crippen LogP contribution is -2.20. The van der Waals surface area contributed by atoms with Gasteiger partial charge in [-0.15, -0.1) is 0 Å². The molecule has 1 saturated heterocycles. The summed E-state index contributed by atoms with van der Waals surface area (Å²) in [6, 6.07) is 5.23. The number of benzene rings is 1. The lowest BCUT2D eigenvalue weighted by molar-refractivity contribution is 0.286. The third kappa shape index (κ3) is 3.15. The average Bonchev–Trinajstić information content (AvgIpc) is 2.72. The maximum absolute atomic E-state index is 5.96. The molecule has 1 nitrogen and oxygen atoms in total. The van der Waals surface area contributed by atoms with E-state index in [1.807, 2.05) is 6.92 Å². The Morgan fingerprint density at radius 3 is 2.00 bits per heavy atom. The Bertz CT molecular complexity index is 422. The van der Waals surface area contributed by atoms with Crippen LogP contribution in [0.3, 0.4) is 0 Å². The van der Waals surface area contributed by atoms with Crippen molar-refractivity contribution in [1.29, 1.82) is 0 Å². The highest BCUT2D eigenvalue weighted by molar-refractivity contribution is 6.67. The van der Waals surface area contributed by atoms with Gasteiger partial charge in [-0.2, -0.15) is 0 Å². The largest absolute Gasteiger partial charge is 0.361 e. The molecule has 2 unspecified atom stereocenters. The normalized spacial score (nSPS) is 28.2. The molecule has 17 heavy (non-hydrogen) atoms. The van der Waals surface area contributed by atoms with E-state index in [4.69, 9.17) is 62.7 Å². The summed E-state index contributed by atoms with van der Waals surface area (Å²) in [5.74, 6) is 0. The molecular formula is C11H9Cl5O. The zero-order valence-electron chi connectivity index (χ0n) is 8.81. The van der Waals surface area contributed by atoms with Crippen molar-refractivity contribution in [2.75, 3.05) is 0 Å². The second-order valence-electron chi connectivity index (χ2n) is 4.10. The Morgan fingerprint density at radius 1 is 1.18 bits per heavy atom. The molecule has 1 aliphatic rings. The Morgan fingerprint density at radius 2 is 1.65 bits per heavy atom. The molecule has 0 aliphatic carbocycles. The third-order valence-corrected chi connectivity index (χ3v) is 3.64. The maximum Gasteiger partial charge on any atom is 0.193 e. The lowest BCUT2D eigenvalue weighted by Gasteiger charge is -2.19. The third-order valence-electron chi connectivity index (χ3n) is 2.80. The molecule has 2 atom stereocenters. The summed E-state index contributed by atoms with van der Waals surface area (Å²) in [5, 5.41) is 1.08. The van der Waals surface area contributed by atoms with E-state index in [-0.39, 0.29) is 12.5 Å². The quantitative estimate of drug-likeness (QED) is 0.523. The molecule has 6 heteroatoms. The number of ether oxygens (including phenoxy) is 1. The van der Waals surface area contributed by atoms with Crippen LogP contribution in [0.25, 0.3) is 0 Å². The number of alkyl halides is 3. The molecule has 0 N–H and O–H groups in total. The summed E-state index contributed by atoms with van der Waals surface area (Å²) in [6.45, 7) is 1.92. The molecule has 1 aliphatic heterocycles. The van der Waals surface area contributed by atoms with E-state index in [0.717, 1.165) is 5.56 Å². The number of halogens is 5. The van der Waals surface area contributed by atoms with Gasteiger partial charge in [0.05, 0.1) is 6.10 Å². The molecule has 0 spiro atoms. The predicted molar refractivity (Wildman–Crippen MR) is 73.6 cm³/mol. The smallest absolute Gasteiger partial charge is 0.193 e. The summed E-state index contributed by atoms with van der Waals surface area (Å²) in [7, 11) is 0. The SMILES string of the molecule is CC1OC1(CC(Cl)(Cl)Cl)c1cc(Cl)cc(Cl)c1. The minimum Gasteiger partial charge on any atom is -0.361 e. The van der Waals surface area contributed by atoms with Crippen LogP contribution in [0.4, 0.5) is 0 Å². The summed E-state index contributed by atoms with van der Waals surface area (Å²) in [6.07, 6.45) is 0.246. The van der Waals surface area contributed by atoms with E-state index in [0.29, 0.717) is 10.0 Å². The van der Waals surface area contributed by atoms with Crippen molar-refractivity contribution in [1.82, 2.24) is 0 Å². The number of epoxide rings is 1. The predicted octanol–water partition coefficient (Wildman–Crippen LogP) is 5.37. The monoisotopic (exact) mass is 332 g/mol. The Hall–Kier alpha value is 0.630. The minimum absolute atomic E-state index is 0.0207. The Balaban J connectivity index is 2.36. The van der Waals surface area contributed by atoms with Gasteiger partial charge in [0.15, 0.2) is 3.79 Å². The van der Waals surface area contributed by atoms with Crippen molar-refractivity contribution >= 4 is 58.0 Å². The first-order valence-electron chi connectivity index (χ1n) is 4.94. The molecule has 0 bridgehead atoms. The molecule has 1 aromatic rings. The molecule has 94 valence electrons. The van der Waals surface area contributed by atoms with Gasteiger partial charge in [-0.1, -0.05) is 58.0 Å². The van der Waals surface area contributed by atoms with Gasteiger partial charge in [0, 0.05) is 16.5 Å². The number of hydrogen-bond acceptors (Lipinski definition) is 1. The maximum atomic E-state index is 5.96. The minimum atomic E-state index is -1.38. The Kier molecular flexibility index (Phi) is 3.82. The lowest BCUT2D eigenvalue weighted by atomic mass is 9.93. The van der Waals surface area contributed by atoms with Crippen LogP contribution in [0.15, 0.2) is 18.2 Å². The highest BCUT2D eigenvalue weighted by Crippen LogP contribution is 2.55. The summed E-state index contributed by atoms with van der Waals surface area (Å²) in [4.78, 5) is 0. The molecule has 1 aromatic carbocycles. The number of rotatable bonds is 2. The first-order chi connectivity index (χ1) is 7.73. The van der Waals surface area contributed by atoms with Crippen LogP contribution in [0.1, 0.15) is 18.9 Å². The zero-order chi connectivity index (χ0) is 12.8. The average molecular weight is 334 g/mol. The van der Waals surface area contributed by atoms with E-state index in [1.54, 1.807) is 18.2 Å². The molecule has 2 rings (SSSR count). The van der Waals surface area contributed by atoms with E-state index in [9.17, 15) is 0 Å². The van der Waals surface area contributed by atoms with Gasteiger partial charge in [-0.25, -0.2) is 0 Å². The fourth-order valence-electron chi connectivity index (χ4n) is 1.97. The molecule has 0 radical (unpaired) electrons. The topological polar surface area (TPSA) is 12.5 Å². The van der Waals surface area contributed by atoms with Crippen LogP contribution in [0.5, 0.6) is 0 Å². The van der Waals surface area contributed by atoms with Crippen LogP contribution in [0, 0.1) is 0 Å². The van der Waals surface area contributed by atoms with E-state index < -0.39 is 9.39 Å². The van der Waals surface area contributed by atoms with E-state index >= 15 is 0 Å². The van der Waals surface area contributed by atoms with Crippen molar-refractivity contribution in [3.63, 3.8) is 0 Å². The van der Waals surface area contributed by atoms with Crippen molar-refractivity contribution in [2.45, 2.75) is 28.8 Å². The van der Waals surface area contributed by atoms with Crippen LogP contribution in [-0.2, 0) is 10.3 Å². The van der Waals surface area contributed by atoms with Gasteiger partial charge in [-0.3, -0.25) is 0 Å². The summed E-state index contributed by atoms with van der Waals surface area (Å²) in [5.41, 5.74) is 0.244. The van der Waals surface area contributed by atoms with Gasteiger partial charge in [0.25, 0.3) is 0 Å². The standard InChI is InChI=1S/C11H9Cl5O/c1-6-10(17-6,5-11(14,15)16)7-2-8(12)4-9(13)3-7/h2-4,6H,5H2,1H3. The van der Waals surface area contributed by atoms with Crippen molar-refractivity contribution in [2.24, 2.45) is 0 Å². The molecule has 1 fully saturated rings. The highest BCUT2D eigenvalue weighted by atomic mass is 35.6. The van der Waals surface area contributed by atoms with Gasteiger partial charge in [0.1, 0.15) is 5.60 Å². The summed E-state index contributed by atoms with van der Waals surface area (Å²) < 4.78 is 4.23. The van der Waals surface area contributed by atoms with Gasteiger partial charge in [0.2, 0.25) is 0 Å². The molecule has 0 aromatic heterocycles. The van der Waals surface area contributed by atoms with Crippen molar-refractivity contribution in [3.05, 3.63) is 33.8 Å². The van der Waals surface area contributed by atoms with Crippen LogP contribution < -0.4 is 0 Å². The second-order valence-corrected chi connectivity index (χ2v) is 7.49. The zero-order valence-corrected chi connectivity index (χ0v) is 12.6. The molecule has 1 heterocycles. The molecule has 0 amide bonds. The van der Waals surface area contributed by atoms with Crippen molar-refractivity contribution < 1.29 is 4.74 Å². The van der Waals surface area contributed by atoms with Crippen molar-refractivity contribution in [3.8, 4) is 0 Å². The van der Waals surface area contributed by atoms with E-state index in [1.165, 1.54) is 0 Å².